The molecule has 1 aromatic heterocycles. The summed E-state index contributed by atoms with van der Waals surface area (Å²) >= 11 is 5.43. The minimum atomic E-state index is -0.388. The highest BCUT2D eigenvalue weighted by Crippen LogP contribution is 2.35. The highest BCUT2D eigenvalue weighted by molar-refractivity contribution is 7.71. The van der Waals surface area contributed by atoms with Crippen molar-refractivity contribution in [2.75, 3.05) is 13.7 Å². The fourth-order valence-corrected chi connectivity index (χ4v) is 3.42. The number of imidazole rings is 1. The van der Waals surface area contributed by atoms with Crippen molar-refractivity contribution in [3.63, 3.8) is 0 Å². The van der Waals surface area contributed by atoms with E-state index in [1.165, 1.54) is 13.2 Å². The number of benzene rings is 1. The SMILES string of the molecule is COc1cc2c(cc1F)[nH]c(=S)n2C1CCOC(C)(C)C1. The maximum Gasteiger partial charge on any atom is 0.178 e. The van der Waals surface area contributed by atoms with Crippen LogP contribution in [0.3, 0.4) is 0 Å². The first kappa shape index (κ1) is 14.5. The van der Waals surface area contributed by atoms with E-state index in [4.69, 9.17) is 21.7 Å². The van der Waals surface area contributed by atoms with Crippen LogP contribution in [0.2, 0.25) is 0 Å². The van der Waals surface area contributed by atoms with Crippen LogP contribution in [0.25, 0.3) is 11.0 Å². The third kappa shape index (κ3) is 2.58. The van der Waals surface area contributed by atoms with Crippen molar-refractivity contribution in [2.45, 2.75) is 38.3 Å². The number of fused-ring (bicyclic) bond motifs is 1. The van der Waals surface area contributed by atoms with Crippen molar-refractivity contribution >= 4 is 23.3 Å². The molecule has 4 nitrogen and oxygen atoms in total. The van der Waals surface area contributed by atoms with E-state index in [9.17, 15) is 4.39 Å². The van der Waals surface area contributed by atoms with Gasteiger partial charge in [-0.2, -0.15) is 0 Å². The Hall–Kier alpha value is -1.40. The summed E-state index contributed by atoms with van der Waals surface area (Å²) in [5.74, 6) is -0.155. The molecule has 0 saturated carbocycles. The van der Waals surface area contributed by atoms with Gasteiger partial charge >= 0.3 is 0 Å². The predicted molar refractivity (Wildman–Crippen MR) is 81.9 cm³/mol. The minimum absolute atomic E-state index is 0.175. The van der Waals surface area contributed by atoms with E-state index in [1.54, 1.807) is 6.07 Å². The Balaban J connectivity index is 2.13. The summed E-state index contributed by atoms with van der Waals surface area (Å²) in [6, 6.07) is 3.38. The number of rotatable bonds is 2. The first-order chi connectivity index (χ1) is 9.91. The smallest absolute Gasteiger partial charge is 0.178 e. The molecular weight excluding hydrogens is 291 g/mol. The lowest BCUT2D eigenvalue weighted by Gasteiger charge is -2.36. The van der Waals surface area contributed by atoms with Crippen LogP contribution in [-0.4, -0.2) is 28.9 Å². The number of hydrogen-bond acceptors (Lipinski definition) is 3. The van der Waals surface area contributed by atoms with Gasteiger partial charge in [-0.3, -0.25) is 0 Å². The minimum Gasteiger partial charge on any atom is -0.494 e. The lowest BCUT2D eigenvalue weighted by molar-refractivity contribution is -0.0687. The van der Waals surface area contributed by atoms with Gasteiger partial charge in [-0.05, 0) is 38.9 Å². The zero-order valence-electron chi connectivity index (χ0n) is 12.4. The van der Waals surface area contributed by atoms with Crippen molar-refractivity contribution in [1.29, 1.82) is 0 Å². The number of nitrogens with zero attached hydrogens (tertiary/aromatic N) is 1. The molecule has 0 spiro atoms. The van der Waals surface area contributed by atoms with Gasteiger partial charge in [0, 0.05) is 24.8 Å². The van der Waals surface area contributed by atoms with Crippen LogP contribution in [-0.2, 0) is 4.74 Å². The zero-order valence-corrected chi connectivity index (χ0v) is 13.2. The summed E-state index contributed by atoms with van der Waals surface area (Å²) in [7, 11) is 1.47. The van der Waals surface area contributed by atoms with E-state index in [2.05, 4.69) is 23.4 Å². The second kappa shape index (κ2) is 5.10. The van der Waals surface area contributed by atoms with E-state index in [-0.39, 0.29) is 23.2 Å². The van der Waals surface area contributed by atoms with Gasteiger partial charge in [0.1, 0.15) is 0 Å². The van der Waals surface area contributed by atoms with Crippen LogP contribution in [0.4, 0.5) is 4.39 Å². The van der Waals surface area contributed by atoms with E-state index >= 15 is 0 Å². The number of hydrogen-bond donors (Lipinski definition) is 1. The van der Waals surface area contributed by atoms with Crippen LogP contribution in [0.1, 0.15) is 32.7 Å². The first-order valence-corrected chi connectivity index (χ1v) is 7.44. The molecule has 1 aliphatic heterocycles. The number of methoxy groups -OCH3 is 1. The second-order valence-corrected chi connectivity index (χ2v) is 6.45. The molecule has 1 aromatic carbocycles. The standard InChI is InChI=1S/C15H19FN2O2S/c1-15(2)8-9(4-5-20-15)18-12-7-13(19-3)10(16)6-11(12)17-14(18)21/h6-7,9H,4-5,8H2,1-3H3,(H,17,21). The molecule has 2 heterocycles. The molecule has 0 bridgehead atoms. The molecule has 1 fully saturated rings. The number of halogens is 1. The highest BCUT2D eigenvalue weighted by Gasteiger charge is 2.31. The van der Waals surface area contributed by atoms with Gasteiger partial charge in [-0.25, -0.2) is 4.39 Å². The summed E-state index contributed by atoms with van der Waals surface area (Å²) in [6.45, 7) is 4.86. The van der Waals surface area contributed by atoms with Crippen molar-refractivity contribution < 1.29 is 13.9 Å². The third-order valence-electron chi connectivity index (χ3n) is 4.03. The Morgan fingerprint density at radius 2 is 2.24 bits per heavy atom. The zero-order chi connectivity index (χ0) is 15.2. The third-order valence-corrected chi connectivity index (χ3v) is 4.33. The number of ether oxygens (including phenoxy) is 2. The molecule has 114 valence electrons. The van der Waals surface area contributed by atoms with E-state index < -0.39 is 0 Å². The Labute approximate surface area is 127 Å². The maximum atomic E-state index is 13.8. The van der Waals surface area contributed by atoms with Crippen molar-refractivity contribution in [2.24, 2.45) is 0 Å². The molecule has 6 heteroatoms. The Morgan fingerprint density at radius 3 is 2.90 bits per heavy atom. The summed E-state index contributed by atoms with van der Waals surface area (Å²) in [6.07, 6.45) is 1.76. The first-order valence-electron chi connectivity index (χ1n) is 7.03. The molecule has 2 aromatic rings. The average Bonchev–Trinajstić information content (AvgIpc) is 2.71. The van der Waals surface area contributed by atoms with Crippen LogP contribution in [0, 0.1) is 10.6 Å². The monoisotopic (exact) mass is 310 g/mol. The number of aromatic nitrogens is 2. The normalized spacial score (nSPS) is 21.6. The van der Waals surface area contributed by atoms with Gasteiger partial charge in [0.15, 0.2) is 16.3 Å². The van der Waals surface area contributed by atoms with Gasteiger partial charge in [0.2, 0.25) is 0 Å². The molecule has 1 atom stereocenters. The molecular formula is C15H19FN2O2S. The number of nitrogens with one attached hydrogen (secondary N) is 1. The van der Waals surface area contributed by atoms with Crippen LogP contribution in [0.5, 0.6) is 5.75 Å². The van der Waals surface area contributed by atoms with Gasteiger partial charge in [-0.1, -0.05) is 0 Å². The Kier molecular flexibility index (Phi) is 3.53. The summed E-state index contributed by atoms with van der Waals surface area (Å²) in [5.41, 5.74) is 1.40. The predicted octanol–water partition coefficient (Wildman–Crippen LogP) is 3.98. The van der Waals surface area contributed by atoms with Gasteiger partial charge in [0.05, 0.1) is 23.7 Å². The van der Waals surface area contributed by atoms with Gasteiger partial charge < -0.3 is 19.0 Å². The Morgan fingerprint density at radius 1 is 1.48 bits per heavy atom. The average molecular weight is 310 g/mol. The molecule has 0 aliphatic carbocycles. The Bertz CT molecular complexity index is 735. The topological polar surface area (TPSA) is 39.2 Å². The number of H-pyrrole nitrogens is 1. The fourth-order valence-electron chi connectivity index (χ4n) is 3.07. The summed E-state index contributed by atoms with van der Waals surface area (Å²) in [5, 5.41) is 0. The van der Waals surface area contributed by atoms with Crippen LogP contribution in [0.15, 0.2) is 12.1 Å². The molecule has 0 amide bonds. The lowest BCUT2D eigenvalue weighted by Crippen LogP contribution is -2.35. The fraction of sp³-hybridized carbons (Fsp3) is 0.533. The van der Waals surface area contributed by atoms with Gasteiger partial charge in [0.25, 0.3) is 0 Å². The molecule has 1 saturated heterocycles. The van der Waals surface area contributed by atoms with Crippen molar-refractivity contribution in [3.8, 4) is 5.75 Å². The molecule has 1 N–H and O–H groups in total. The second-order valence-electron chi connectivity index (χ2n) is 6.06. The van der Waals surface area contributed by atoms with Gasteiger partial charge in [-0.15, -0.1) is 0 Å². The largest absolute Gasteiger partial charge is 0.494 e. The van der Waals surface area contributed by atoms with E-state index in [0.29, 0.717) is 16.9 Å². The molecule has 21 heavy (non-hydrogen) atoms. The molecule has 1 unspecified atom stereocenters. The highest BCUT2D eigenvalue weighted by atomic mass is 32.1. The van der Waals surface area contributed by atoms with Crippen LogP contribution < -0.4 is 4.74 Å². The summed E-state index contributed by atoms with van der Waals surface area (Å²) in [4.78, 5) is 3.09. The maximum absolute atomic E-state index is 13.8. The van der Waals surface area contributed by atoms with E-state index in [1.807, 2.05) is 0 Å². The quantitative estimate of drug-likeness (QED) is 0.853. The summed E-state index contributed by atoms with van der Waals surface area (Å²) < 4.78 is 27.3. The molecule has 3 rings (SSSR count). The van der Waals surface area contributed by atoms with Crippen molar-refractivity contribution in [3.05, 3.63) is 22.7 Å². The molecule has 1 aliphatic rings. The van der Waals surface area contributed by atoms with Crippen LogP contribution >= 0.6 is 12.2 Å². The molecule has 0 radical (unpaired) electrons. The number of aromatic amines is 1. The lowest BCUT2D eigenvalue weighted by atomic mass is 9.93. The van der Waals surface area contributed by atoms with E-state index in [0.717, 1.165) is 18.4 Å². The van der Waals surface area contributed by atoms with Crippen molar-refractivity contribution in [1.82, 2.24) is 9.55 Å².